The average molecular weight is 216 g/mol. The zero-order valence-corrected chi connectivity index (χ0v) is 8.01. The number of halogens is 3. The van der Waals surface area contributed by atoms with Gasteiger partial charge in [0.05, 0.1) is 5.56 Å². The van der Waals surface area contributed by atoms with Gasteiger partial charge in [-0.15, -0.1) is 0 Å². The van der Waals surface area contributed by atoms with E-state index in [1.54, 1.807) is 0 Å². The molecule has 0 unspecified atom stereocenters. The number of aromatic nitrogens is 1. The lowest BCUT2D eigenvalue weighted by molar-refractivity contribution is -0.138. The summed E-state index contributed by atoms with van der Waals surface area (Å²) in [7, 11) is 0. The maximum Gasteiger partial charge on any atom is 0.416 e. The van der Waals surface area contributed by atoms with Crippen molar-refractivity contribution in [2.24, 2.45) is 5.73 Å². The summed E-state index contributed by atoms with van der Waals surface area (Å²) in [6.07, 6.45) is -0.0598. The van der Waals surface area contributed by atoms with Gasteiger partial charge in [0.1, 0.15) is 0 Å². The molecule has 0 aliphatic heterocycles. The van der Waals surface area contributed by atoms with E-state index in [2.05, 4.69) is 4.98 Å². The Balaban J connectivity index is 2.30. The van der Waals surface area contributed by atoms with Gasteiger partial charge in [0.2, 0.25) is 0 Å². The van der Waals surface area contributed by atoms with Gasteiger partial charge in [-0.05, 0) is 30.9 Å². The number of pyridine rings is 1. The summed E-state index contributed by atoms with van der Waals surface area (Å²) in [4.78, 5) is 3.72. The van der Waals surface area contributed by atoms with Crippen LogP contribution in [-0.4, -0.2) is 10.5 Å². The minimum Gasteiger partial charge on any atom is -0.325 e. The largest absolute Gasteiger partial charge is 0.416 e. The van der Waals surface area contributed by atoms with E-state index in [0.717, 1.165) is 25.1 Å². The summed E-state index contributed by atoms with van der Waals surface area (Å²) in [6, 6.07) is 1.00. The molecule has 82 valence electrons. The number of alkyl halides is 3. The van der Waals surface area contributed by atoms with E-state index in [-0.39, 0.29) is 12.0 Å². The molecule has 2 N–H and O–H groups in total. The summed E-state index contributed by atoms with van der Waals surface area (Å²) >= 11 is 0. The first-order valence-electron chi connectivity index (χ1n) is 4.70. The molecule has 0 radical (unpaired) electrons. The summed E-state index contributed by atoms with van der Waals surface area (Å²) in [5.41, 5.74) is 4.95. The monoisotopic (exact) mass is 216 g/mol. The fourth-order valence-electron chi connectivity index (χ4n) is 1.56. The van der Waals surface area contributed by atoms with Crippen molar-refractivity contribution in [3.63, 3.8) is 0 Å². The van der Waals surface area contributed by atoms with Crippen LogP contribution in [0.2, 0.25) is 0 Å². The van der Waals surface area contributed by atoms with Crippen molar-refractivity contribution in [2.45, 2.75) is 31.0 Å². The molecule has 1 aliphatic rings. The molecule has 5 heteroatoms. The number of hydrogen-bond acceptors (Lipinski definition) is 2. The fourth-order valence-corrected chi connectivity index (χ4v) is 1.56. The minimum absolute atomic E-state index is 0.199. The third-order valence-corrected chi connectivity index (χ3v) is 2.64. The van der Waals surface area contributed by atoms with Crippen molar-refractivity contribution in [2.75, 3.05) is 0 Å². The SMILES string of the molecule is NC1(Cc2cnccc2C(F)(F)F)CC1. The zero-order chi connectivity index (χ0) is 11.1. The van der Waals surface area contributed by atoms with Crippen molar-refractivity contribution in [3.8, 4) is 0 Å². The van der Waals surface area contributed by atoms with Gasteiger partial charge in [-0.1, -0.05) is 0 Å². The van der Waals surface area contributed by atoms with Gasteiger partial charge in [-0.3, -0.25) is 4.98 Å². The Morgan fingerprint density at radius 2 is 2.07 bits per heavy atom. The van der Waals surface area contributed by atoms with Gasteiger partial charge in [0.25, 0.3) is 0 Å². The maximum atomic E-state index is 12.6. The molecule has 0 amide bonds. The van der Waals surface area contributed by atoms with Crippen molar-refractivity contribution in [1.82, 2.24) is 4.98 Å². The van der Waals surface area contributed by atoms with E-state index >= 15 is 0 Å². The molecule has 0 atom stereocenters. The topological polar surface area (TPSA) is 38.9 Å². The maximum absolute atomic E-state index is 12.6. The zero-order valence-electron chi connectivity index (χ0n) is 8.01. The van der Waals surface area contributed by atoms with Crippen molar-refractivity contribution >= 4 is 0 Å². The lowest BCUT2D eigenvalue weighted by atomic mass is 10.0. The first kappa shape index (κ1) is 10.4. The summed E-state index contributed by atoms with van der Waals surface area (Å²) < 4.78 is 37.7. The lowest BCUT2D eigenvalue weighted by Crippen LogP contribution is -2.26. The predicted molar refractivity (Wildman–Crippen MR) is 49.1 cm³/mol. The predicted octanol–water partition coefficient (Wildman–Crippen LogP) is 2.13. The summed E-state index contributed by atoms with van der Waals surface area (Å²) in [5.74, 6) is 0. The molecule has 0 saturated heterocycles. The van der Waals surface area contributed by atoms with Crippen LogP contribution in [0.3, 0.4) is 0 Å². The third-order valence-electron chi connectivity index (χ3n) is 2.64. The Morgan fingerprint density at radius 3 is 2.60 bits per heavy atom. The van der Waals surface area contributed by atoms with E-state index in [4.69, 9.17) is 5.73 Å². The molecule has 2 rings (SSSR count). The summed E-state index contributed by atoms with van der Waals surface area (Å²) in [5, 5.41) is 0. The first-order chi connectivity index (χ1) is 6.91. The van der Waals surface area contributed by atoms with Gasteiger partial charge in [-0.25, -0.2) is 0 Å². The Hall–Kier alpha value is -1.10. The second-order valence-corrected chi connectivity index (χ2v) is 4.07. The minimum atomic E-state index is -4.32. The van der Waals surface area contributed by atoms with Crippen LogP contribution in [0.25, 0.3) is 0 Å². The van der Waals surface area contributed by atoms with Crippen molar-refractivity contribution < 1.29 is 13.2 Å². The molecule has 1 aliphatic carbocycles. The van der Waals surface area contributed by atoms with E-state index in [1.807, 2.05) is 0 Å². The van der Waals surface area contributed by atoms with Crippen LogP contribution in [0.4, 0.5) is 13.2 Å². The Bertz CT molecular complexity index is 369. The molecule has 1 aromatic heterocycles. The second-order valence-electron chi connectivity index (χ2n) is 4.07. The fraction of sp³-hybridized carbons (Fsp3) is 0.500. The number of rotatable bonds is 2. The molecule has 1 aromatic rings. The molecule has 1 saturated carbocycles. The number of hydrogen-bond donors (Lipinski definition) is 1. The third kappa shape index (κ3) is 2.28. The molecule has 1 heterocycles. The van der Waals surface area contributed by atoms with Crippen LogP contribution in [0.15, 0.2) is 18.5 Å². The molecular weight excluding hydrogens is 205 g/mol. The van der Waals surface area contributed by atoms with Crippen LogP contribution in [0.5, 0.6) is 0 Å². The highest BCUT2D eigenvalue weighted by Gasteiger charge is 2.41. The van der Waals surface area contributed by atoms with Gasteiger partial charge >= 0.3 is 6.18 Å². The molecule has 2 nitrogen and oxygen atoms in total. The lowest BCUT2D eigenvalue weighted by Gasteiger charge is -2.14. The Morgan fingerprint density at radius 1 is 1.40 bits per heavy atom. The van der Waals surface area contributed by atoms with Gasteiger partial charge < -0.3 is 5.73 Å². The van der Waals surface area contributed by atoms with E-state index in [1.165, 1.54) is 6.20 Å². The Labute approximate surface area is 85.3 Å². The second kappa shape index (κ2) is 3.20. The molecule has 15 heavy (non-hydrogen) atoms. The highest BCUT2D eigenvalue weighted by Crippen LogP contribution is 2.39. The van der Waals surface area contributed by atoms with E-state index in [9.17, 15) is 13.2 Å². The Kier molecular flexibility index (Phi) is 2.22. The van der Waals surface area contributed by atoms with Gasteiger partial charge in [0.15, 0.2) is 0 Å². The van der Waals surface area contributed by atoms with E-state index in [0.29, 0.717) is 0 Å². The average Bonchev–Trinajstić information content (AvgIpc) is 2.82. The van der Waals surface area contributed by atoms with Gasteiger partial charge in [-0.2, -0.15) is 13.2 Å². The van der Waals surface area contributed by atoms with Crippen LogP contribution in [0.1, 0.15) is 24.0 Å². The summed E-state index contributed by atoms with van der Waals surface area (Å²) in [6.45, 7) is 0. The number of nitrogens with two attached hydrogens (primary N) is 1. The van der Waals surface area contributed by atoms with Crippen molar-refractivity contribution in [3.05, 3.63) is 29.6 Å². The van der Waals surface area contributed by atoms with Crippen LogP contribution < -0.4 is 5.73 Å². The van der Waals surface area contributed by atoms with Crippen LogP contribution in [-0.2, 0) is 12.6 Å². The standard InChI is InChI=1S/C10H11F3N2/c11-10(12,13)8-1-4-15-6-7(8)5-9(14)2-3-9/h1,4,6H,2-3,5,14H2. The van der Waals surface area contributed by atoms with E-state index < -0.39 is 17.3 Å². The smallest absolute Gasteiger partial charge is 0.325 e. The molecule has 1 fully saturated rings. The molecule has 0 spiro atoms. The molecular formula is C10H11F3N2. The quantitative estimate of drug-likeness (QED) is 0.822. The molecule has 0 aromatic carbocycles. The molecule has 0 bridgehead atoms. The normalized spacial score (nSPS) is 18.9. The van der Waals surface area contributed by atoms with Crippen LogP contribution in [0, 0.1) is 0 Å². The first-order valence-corrected chi connectivity index (χ1v) is 4.70. The van der Waals surface area contributed by atoms with Crippen molar-refractivity contribution in [1.29, 1.82) is 0 Å². The number of nitrogens with zero attached hydrogens (tertiary/aromatic N) is 1. The highest BCUT2D eigenvalue weighted by molar-refractivity contribution is 5.29. The van der Waals surface area contributed by atoms with Crippen LogP contribution >= 0.6 is 0 Å². The van der Waals surface area contributed by atoms with Gasteiger partial charge in [0, 0.05) is 17.9 Å². The highest BCUT2D eigenvalue weighted by atomic mass is 19.4.